The molecule has 2 rings (SSSR count). The highest BCUT2D eigenvalue weighted by molar-refractivity contribution is 7.91. The van der Waals surface area contributed by atoms with E-state index < -0.39 is 26.1 Å². The minimum absolute atomic E-state index is 0.0494. The molecule has 1 N–H and O–H groups in total. The van der Waals surface area contributed by atoms with E-state index >= 15 is 0 Å². The fourth-order valence-corrected chi connectivity index (χ4v) is 6.28. The molecule has 0 spiro atoms. The van der Waals surface area contributed by atoms with Crippen molar-refractivity contribution in [1.29, 1.82) is 0 Å². The molecule has 0 aromatic carbocycles. The summed E-state index contributed by atoms with van der Waals surface area (Å²) >= 11 is 0. The highest BCUT2D eigenvalue weighted by Gasteiger charge is 2.39. The lowest BCUT2D eigenvalue weighted by atomic mass is 10.3. The predicted octanol–water partition coefficient (Wildman–Crippen LogP) is -1.35. The molecule has 1 unspecified atom stereocenters. The monoisotopic (exact) mass is 311 g/mol. The summed E-state index contributed by atoms with van der Waals surface area (Å²) in [7, 11) is -6.62. The number of hydrogen-bond donors (Lipinski definition) is 1. The molecule has 0 aromatic heterocycles. The number of nitrogens with one attached hydrogen (secondary N) is 1. The Hall–Kier alpha value is -0.220. The first-order valence-electron chi connectivity index (χ1n) is 6.55. The Morgan fingerprint density at radius 1 is 1.32 bits per heavy atom. The van der Waals surface area contributed by atoms with E-state index in [1.165, 1.54) is 8.61 Å². The SMILES string of the molecule is CCN(C1CCS(=O)(=O)C1)S(=O)(=O)N1CCNCC1. The van der Waals surface area contributed by atoms with Crippen LogP contribution in [0.15, 0.2) is 0 Å². The van der Waals surface area contributed by atoms with Gasteiger partial charge in [-0.2, -0.15) is 17.0 Å². The standard InChI is InChI=1S/C10H21N3O4S2/c1-2-13(10-3-8-18(14,15)9-10)19(16,17)12-6-4-11-5-7-12/h10-11H,2-9H2,1H3. The molecule has 2 fully saturated rings. The summed E-state index contributed by atoms with van der Waals surface area (Å²) in [6, 6.07) is -0.408. The van der Waals surface area contributed by atoms with Crippen molar-refractivity contribution in [2.45, 2.75) is 19.4 Å². The Morgan fingerprint density at radius 2 is 1.95 bits per heavy atom. The Balaban J connectivity index is 2.16. The molecule has 112 valence electrons. The van der Waals surface area contributed by atoms with E-state index in [0.717, 1.165) is 0 Å². The van der Waals surface area contributed by atoms with Crippen LogP contribution >= 0.6 is 0 Å². The third-order valence-electron chi connectivity index (χ3n) is 3.63. The van der Waals surface area contributed by atoms with Crippen molar-refractivity contribution < 1.29 is 16.8 Å². The van der Waals surface area contributed by atoms with Crippen molar-refractivity contribution in [2.24, 2.45) is 0 Å². The molecule has 9 heteroatoms. The molecule has 0 aromatic rings. The van der Waals surface area contributed by atoms with Gasteiger partial charge in [-0.25, -0.2) is 8.42 Å². The molecular formula is C10H21N3O4S2. The minimum Gasteiger partial charge on any atom is -0.314 e. The van der Waals surface area contributed by atoms with Crippen molar-refractivity contribution in [3.05, 3.63) is 0 Å². The van der Waals surface area contributed by atoms with Crippen molar-refractivity contribution in [2.75, 3.05) is 44.2 Å². The lowest BCUT2D eigenvalue weighted by Crippen LogP contribution is -2.54. The molecule has 2 aliphatic rings. The van der Waals surface area contributed by atoms with Gasteiger partial charge < -0.3 is 5.32 Å². The first-order valence-corrected chi connectivity index (χ1v) is 9.77. The molecule has 7 nitrogen and oxygen atoms in total. The molecule has 0 bridgehead atoms. The van der Waals surface area contributed by atoms with Crippen molar-refractivity contribution in [1.82, 2.24) is 13.9 Å². The van der Waals surface area contributed by atoms with Gasteiger partial charge in [0.05, 0.1) is 11.5 Å². The maximum Gasteiger partial charge on any atom is 0.282 e. The maximum absolute atomic E-state index is 12.5. The minimum atomic E-state index is -3.55. The van der Waals surface area contributed by atoms with Crippen LogP contribution in [0, 0.1) is 0 Å². The van der Waals surface area contributed by atoms with Gasteiger partial charge in [0, 0.05) is 38.8 Å². The van der Waals surface area contributed by atoms with Gasteiger partial charge in [-0.1, -0.05) is 6.92 Å². The summed E-state index contributed by atoms with van der Waals surface area (Å²) in [5.41, 5.74) is 0. The Kier molecular flexibility index (Phi) is 4.51. The van der Waals surface area contributed by atoms with Crippen LogP contribution in [-0.4, -0.2) is 75.7 Å². The van der Waals surface area contributed by atoms with E-state index in [2.05, 4.69) is 5.32 Å². The zero-order chi connectivity index (χ0) is 14.1. The second kappa shape index (κ2) is 5.65. The van der Waals surface area contributed by atoms with Crippen LogP contribution in [0.1, 0.15) is 13.3 Å². The lowest BCUT2D eigenvalue weighted by Gasteiger charge is -2.34. The number of nitrogens with zero attached hydrogens (tertiary/aromatic N) is 2. The Bertz CT molecular complexity index is 511. The second-order valence-electron chi connectivity index (χ2n) is 4.92. The summed E-state index contributed by atoms with van der Waals surface area (Å²) in [6.45, 7) is 4.23. The summed E-state index contributed by atoms with van der Waals surface area (Å²) in [5.74, 6) is 0.0391. The third kappa shape index (κ3) is 3.27. The van der Waals surface area contributed by atoms with Gasteiger partial charge >= 0.3 is 0 Å². The van der Waals surface area contributed by atoms with Crippen LogP contribution in [0.25, 0.3) is 0 Å². The van der Waals surface area contributed by atoms with Crippen LogP contribution in [0.3, 0.4) is 0 Å². The highest BCUT2D eigenvalue weighted by atomic mass is 32.2. The second-order valence-corrected chi connectivity index (χ2v) is 9.03. The first kappa shape index (κ1) is 15.2. The number of hydrogen-bond acceptors (Lipinski definition) is 5. The van der Waals surface area contributed by atoms with Gasteiger partial charge in [0.25, 0.3) is 10.2 Å². The Labute approximate surface area is 115 Å². The van der Waals surface area contributed by atoms with Crippen LogP contribution in [-0.2, 0) is 20.0 Å². The van der Waals surface area contributed by atoms with Crippen molar-refractivity contribution in [3.63, 3.8) is 0 Å². The summed E-state index contributed by atoms with van der Waals surface area (Å²) in [5, 5.41) is 3.11. The van der Waals surface area contributed by atoms with Gasteiger partial charge in [-0.15, -0.1) is 0 Å². The lowest BCUT2D eigenvalue weighted by molar-refractivity contribution is 0.288. The Morgan fingerprint density at radius 3 is 2.42 bits per heavy atom. The molecule has 0 radical (unpaired) electrons. The fraction of sp³-hybridized carbons (Fsp3) is 1.00. The quantitative estimate of drug-likeness (QED) is 0.693. The van der Waals surface area contributed by atoms with Crippen LogP contribution < -0.4 is 5.32 Å². The molecule has 0 aliphatic carbocycles. The smallest absolute Gasteiger partial charge is 0.282 e. The molecule has 2 aliphatic heterocycles. The molecule has 19 heavy (non-hydrogen) atoms. The third-order valence-corrected chi connectivity index (χ3v) is 7.54. The van der Waals surface area contributed by atoms with E-state index in [1.54, 1.807) is 6.92 Å². The predicted molar refractivity (Wildman–Crippen MR) is 72.8 cm³/mol. The van der Waals surface area contributed by atoms with E-state index in [4.69, 9.17) is 0 Å². The van der Waals surface area contributed by atoms with Gasteiger partial charge in [-0.3, -0.25) is 0 Å². The topological polar surface area (TPSA) is 86.8 Å². The highest BCUT2D eigenvalue weighted by Crippen LogP contribution is 2.22. The molecule has 0 amide bonds. The van der Waals surface area contributed by atoms with Gasteiger partial charge in [-0.05, 0) is 6.42 Å². The van der Waals surface area contributed by atoms with Crippen LogP contribution in [0.4, 0.5) is 0 Å². The zero-order valence-electron chi connectivity index (χ0n) is 11.1. The summed E-state index contributed by atoms with van der Waals surface area (Å²) < 4.78 is 50.9. The van der Waals surface area contributed by atoms with Gasteiger partial charge in [0.15, 0.2) is 9.84 Å². The summed E-state index contributed by atoms with van der Waals surface area (Å²) in [6.07, 6.45) is 0.404. The zero-order valence-corrected chi connectivity index (χ0v) is 12.7. The van der Waals surface area contributed by atoms with E-state index in [-0.39, 0.29) is 11.5 Å². The fourth-order valence-electron chi connectivity index (χ4n) is 2.64. The molecule has 2 saturated heterocycles. The normalized spacial score (nSPS) is 28.8. The van der Waals surface area contributed by atoms with Crippen molar-refractivity contribution >= 4 is 20.0 Å². The average molecular weight is 311 g/mol. The number of piperazine rings is 1. The summed E-state index contributed by atoms with van der Waals surface area (Å²) in [4.78, 5) is 0. The van der Waals surface area contributed by atoms with Crippen LogP contribution in [0.2, 0.25) is 0 Å². The molecule has 2 heterocycles. The molecular weight excluding hydrogens is 290 g/mol. The van der Waals surface area contributed by atoms with E-state index in [9.17, 15) is 16.8 Å². The molecule has 0 saturated carbocycles. The van der Waals surface area contributed by atoms with Crippen molar-refractivity contribution in [3.8, 4) is 0 Å². The van der Waals surface area contributed by atoms with Gasteiger partial charge in [0.2, 0.25) is 0 Å². The largest absolute Gasteiger partial charge is 0.314 e. The first-order chi connectivity index (χ1) is 8.87. The van der Waals surface area contributed by atoms with E-state index in [1.807, 2.05) is 0 Å². The van der Waals surface area contributed by atoms with E-state index in [0.29, 0.717) is 39.1 Å². The average Bonchev–Trinajstić information content (AvgIpc) is 2.71. The van der Waals surface area contributed by atoms with Crippen LogP contribution in [0.5, 0.6) is 0 Å². The number of rotatable bonds is 4. The number of sulfone groups is 1. The maximum atomic E-state index is 12.5. The van der Waals surface area contributed by atoms with Gasteiger partial charge in [0.1, 0.15) is 0 Å². The molecule has 1 atom stereocenters.